The Labute approximate surface area is 143 Å². The lowest BCUT2D eigenvalue weighted by Gasteiger charge is -2.00. The number of aliphatic imine (C=N–C) groups is 1. The summed E-state index contributed by atoms with van der Waals surface area (Å²) in [5.41, 5.74) is 2.06. The molecule has 3 rings (SSSR count). The number of ether oxygens (including phenoxy) is 1. The molecule has 6 heteroatoms. The highest BCUT2D eigenvalue weighted by Gasteiger charge is 2.23. The number of nitrogens with one attached hydrogen (secondary N) is 1. The first-order valence-electron chi connectivity index (χ1n) is 7.19. The molecular weight excluding hydrogens is 324 g/mol. The molecule has 1 saturated heterocycles. The van der Waals surface area contributed by atoms with E-state index in [1.807, 2.05) is 36.4 Å². The number of nitrogens with zero attached hydrogens (tertiary/aromatic N) is 1. The van der Waals surface area contributed by atoms with Crippen LogP contribution in [-0.2, 0) is 9.53 Å². The van der Waals surface area contributed by atoms with E-state index in [1.165, 1.54) is 18.9 Å². The van der Waals surface area contributed by atoms with Gasteiger partial charge in [0, 0.05) is 0 Å². The van der Waals surface area contributed by atoms with E-state index in [4.69, 9.17) is 0 Å². The van der Waals surface area contributed by atoms with Gasteiger partial charge in [-0.3, -0.25) is 4.79 Å². The molecule has 0 aromatic heterocycles. The molecule has 0 unspecified atom stereocenters. The van der Waals surface area contributed by atoms with Gasteiger partial charge in [0.15, 0.2) is 5.17 Å². The van der Waals surface area contributed by atoms with Crippen LogP contribution in [0.3, 0.4) is 0 Å². The zero-order chi connectivity index (χ0) is 16.9. The number of hydrogen-bond donors (Lipinski definition) is 1. The Kier molecular flexibility index (Phi) is 4.77. The summed E-state index contributed by atoms with van der Waals surface area (Å²) in [6, 6.07) is 16.3. The monoisotopic (exact) mass is 338 g/mol. The molecule has 1 N–H and O–H groups in total. The molecule has 1 fully saturated rings. The standard InChI is InChI=1S/C18H14N2O3S/c1-23-17(22)13-7-9-14(10-8-13)19-18-20-16(21)15(24-18)11-12-5-3-2-4-6-12/h2-11H,1H3,(H,19,20,21)/b15-11-. The fraction of sp³-hybridized carbons (Fsp3) is 0.0556. The molecule has 1 aliphatic rings. The Bertz CT molecular complexity index is 827. The van der Waals surface area contributed by atoms with Crippen LogP contribution in [0.4, 0.5) is 5.69 Å². The molecule has 120 valence electrons. The number of carbonyl (C=O) groups is 2. The minimum atomic E-state index is -0.397. The lowest BCUT2D eigenvalue weighted by Crippen LogP contribution is -2.19. The van der Waals surface area contributed by atoms with Crippen LogP contribution >= 0.6 is 11.8 Å². The van der Waals surface area contributed by atoms with Crippen molar-refractivity contribution in [3.8, 4) is 0 Å². The first-order valence-corrected chi connectivity index (χ1v) is 8.00. The summed E-state index contributed by atoms with van der Waals surface area (Å²) < 4.78 is 4.65. The topological polar surface area (TPSA) is 67.8 Å². The summed E-state index contributed by atoms with van der Waals surface area (Å²) >= 11 is 1.28. The number of rotatable bonds is 3. The molecular formula is C18H14N2O3S. The van der Waals surface area contributed by atoms with Gasteiger partial charge in [-0.1, -0.05) is 30.3 Å². The van der Waals surface area contributed by atoms with Gasteiger partial charge in [-0.05, 0) is 47.7 Å². The van der Waals surface area contributed by atoms with Crippen LogP contribution < -0.4 is 5.32 Å². The maximum Gasteiger partial charge on any atom is 0.337 e. The number of esters is 1. The molecule has 2 aromatic carbocycles. The van der Waals surface area contributed by atoms with Crippen LogP contribution in [0.2, 0.25) is 0 Å². The number of carbonyl (C=O) groups excluding carboxylic acids is 2. The SMILES string of the molecule is COC(=O)c1ccc(N=C2NC(=O)/C(=C/c3ccccc3)S2)cc1. The van der Waals surface area contributed by atoms with Crippen LogP contribution in [-0.4, -0.2) is 24.2 Å². The third-order valence-electron chi connectivity index (χ3n) is 3.27. The van der Waals surface area contributed by atoms with Crippen molar-refractivity contribution in [3.05, 3.63) is 70.6 Å². The molecule has 24 heavy (non-hydrogen) atoms. The zero-order valence-corrected chi connectivity index (χ0v) is 13.7. The molecule has 1 aliphatic heterocycles. The smallest absolute Gasteiger partial charge is 0.337 e. The molecule has 1 amide bonds. The summed E-state index contributed by atoms with van der Waals surface area (Å²) in [5.74, 6) is -0.570. The van der Waals surface area contributed by atoms with Crippen molar-refractivity contribution in [1.82, 2.24) is 5.32 Å². The highest BCUT2D eigenvalue weighted by molar-refractivity contribution is 8.18. The maximum absolute atomic E-state index is 12.0. The fourth-order valence-electron chi connectivity index (χ4n) is 2.09. The quantitative estimate of drug-likeness (QED) is 0.688. The van der Waals surface area contributed by atoms with Crippen LogP contribution in [0.5, 0.6) is 0 Å². The second kappa shape index (κ2) is 7.14. The molecule has 0 radical (unpaired) electrons. The van der Waals surface area contributed by atoms with E-state index in [0.29, 0.717) is 21.3 Å². The van der Waals surface area contributed by atoms with E-state index < -0.39 is 5.97 Å². The third kappa shape index (κ3) is 3.72. The van der Waals surface area contributed by atoms with Crippen molar-refractivity contribution in [2.45, 2.75) is 0 Å². The normalized spacial score (nSPS) is 17.1. The Morgan fingerprint density at radius 3 is 2.50 bits per heavy atom. The predicted molar refractivity (Wildman–Crippen MR) is 95.0 cm³/mol. The van der Waals surface area contributed by atoms with Gasteiger partial charge in [0.2, 0.25) is 0 Å². The summed E-state index contributed by atoms with van der Waals surface area (Å²) in [7, 11) is 1.34. The molecule has 2 aromatic rings. The molecule has 0 saturated carbocycles. The Hall–Kier alpha value is -2.86. The van der Waals surface area contributed by atoms with Gasteiger partial charge in [-0.25, -0.2) is 9.79 Å². The molecule has 0 bridgehead atoms. The predicted octanol–water partition coefficient (Wildman–Crippen LogP) is 3.36. The van der Waals surface area contributed by atoms with Gasteiger partial charge < -0.3 is 10.1 Å². The largest absolute Gasteiger partial charge is 0.465 e. The lowest BCUT2D eigenvalue weighted by atomic mass is 10.2. The highest BCUT2D eigenvalue weighted by Crippen LogP contribution is 2.28. The minimum Gasteiger partial charge on any atom is -0.465 e. The second-order valence-corrected chi connectivity index (χ2v) is 5.96. The van der Waals surface area contributed by atoms with Crippen molar-refractivity contribution < 1.29 is 14.3 Å². The van der Waals surface area contributed by atoms with Gasteiger partial charge in [-0.2, -0.15) is 0 Å². The van der Waals surface area contributed by atoms with E-state index in [0.717, 1.165) is 5.56 Å². The summed E-state index contributed by atoms with van der Waals surface area (Å²) in [4.78, 5) is 28.4. The van der Waals surface area contributed by atoms with E-state index in [9.17, 15) is 9.59 Å². The van der Waals surface area contributed by atoms with Crippen molar-refractivity contribution in [1.29, 1.82) is 0 Å². The number of methoxy groups -OCH3 is 1. The van der Waals surface area contributed by atoms with E-state index in [2.05, 4.69) is 15.0 Å². The average Bonchev–Trinajstić information content (AvgIpc) is 2.95. The first-order chi connectivity index (χ1) is 11.7. The first kappa shape index (κ1) is 16.0. The molecule has 0 spiro atoms. The van der Waals surface area contributed by atoms with Crippen LogP contribution in [0.1, 0.15) is 15.9 Å². The van der Waals surface area contributed by atoms with Crippen molar-refractivity contribution in [3.63, 3.8) is 0 Å². The number of amidine groups is 1. The Morgan fingerprint density at radius 1 is 1.12 bits per heavy atom. The molecule has 0 atom stereocenters. The third-order valence-corrected chi connectivity index (χ3v) is 4.18. The second-order valence-electron chi connectivity index (χ2n) is 4.93. The fourth-order valence-corrected chi connectivity index (χ4v) is 2.93. The lowest BCUT2D eigenvalue weighted by molar-refractivity contribution is -0.115. The van der Waals surface area contributed by atoms with Crippen molar-refractivity contribution in [2.24, 2.45) is 4.99 Å². The molecule has 5 nitrogen and oxygen atoms in total. The van der Waals surface area contributed by atoms with Gasteiger partial charge in [0.05, 0.1) is 23.3 Å². The van der Waals surface area contributed by atoms with E-state index in [1.54, 1.807) is 24.3 Å². The number of amides is 1. The van der Waals surface area contributed by atoms with Gasteiger partial charge in [-0.15, -0.1) is 0 Å². The van der Waals surface area contributed by atoms with Gasteiger partial charge in [0.25, 0.3) is 5.91 Å². The average molecular weight is 338 g/mol. The molecule has 1 heterocycles. The van der Waals surface area contributed by atoms with Gasteiger partial charge in [0.1, 0.15) is 0 Å². The van der Waals surface area contributed by atoms with Crippen LogP contribution in [0.25, 0.3) is 6.08 Å². The summed E-state index contributed by atoms with van der Waals surface area (Å²) in [6.45, 7) is 0. The van der Waals surface area contributed by atoms with Crippen LogP contribution in [0.15, 0.2) is 64.5 Å². The zero-order valence-electron chi connectivity index (χ0n) is 12.9. The van der Waals surface area contributed by atoms with E-state index in [-0.39, 0.29) is 5.91 Å². The maximum atomic E-state index is 12.0. The van der Waals surface area contributed by atoms with Crippen molar-refractivity contribution >= 4 is 40.6 Å². The van der Waals surface area contributed by atoms with Crippen LogP contribution in [0, 0.1) is 0 Å². The Morgan fingerprint density at radius 2 is 1.83 bits per heavy atom. The van der Waals surface area contributed by atoms with Crippen molar-refractivity contribution in [2.75, 3.05) is 7.11 Å². The minimum absolute atomic E-state index is 0.172. The van der Waals surface area contributed by atoms with E-state index >= 15 is 0 Å². The Balaban J connectivity index is 1.77. The summed E-state index contributed by atoms with van der Waals surface area (Å²) in [6.07, 6.45) is 1.82. The molecule has 0 aliphatic carbocycles. The number of thioether (sulfide) groups is 1. The van der Waals surface area contributed by atoms with Gasteiger partial charge >= 0.3 is 5.97 Å². The number of hydrogen-bond acceptors (Lipinski definition) is 5. The summed E-state index contributed by atoms with van der Waals surface area (Å²) in [5, 5.41) is 3.24. The highest BCUT2D eigenvalue weighted by atomic mass is 32.2. The number of benzene rings is 2.